The molecular weight excluding hydrogens is 797 g/mol. The Morgan fingerprint density at radius 2 is 0.933 bits per heavy atom. The number of para-hydroxylation sites is 1. The van der Waals surface area contributed by atoms with Gasteiger partial charge in [0.05, 0.1) is 136 Å². The van der Waals surface area contributed by atoms with Crippen molar-refractivity contribution in [2.45, 2.75) is 12.8 Å². The molecule has 3 aromatic rings. The first-order valence-corrected chi connectivity index (χ1v) is 19.7. The number of rotatable bonds is 35. The molecule has 0 aliphatic rings. The monoisotopic (exact) mass is 854 g/mol. The molecule has 334 valence electrons. The number of ether oxygens (including phenoxy) is 11. The maximum atomic E-state index is 13.1. The highest BCUT2D eigenvalue weighted by atomic mass is 19.4. The molecule has 0 atom stereocenters. The predicted octanol–water partition coefficient (Wildman–Crippen LogP) is 5.68. The van der Waals surface area contributed by atoms with E-state index in [1.54, 1.807) is 18.2 Å². The third-order valence-corrected chi connectivity index (χ3v) is 7.78. The summed E-state index contributed by atoms with van der Waals surface area (Å²) in [6, 6.07) is 20.6. The molecule has 15 nitrogen and oxygen atoms in total. The summed E-state index contributed by atoms with van der Waals surface area (Å²) in [5.41, 5.74) is 0.814. The van der Waals surface area contributed by atoms with Gasteiger partial charge >= 0.3 is 18.2 Å². The number of hydrogen-bond acceptors (Lipinski definition) is 14. The number of alkyl carbamates (subject to hydrolysis) is 1. The van der Waals surface area contributed by atoms with E-state index in [0.717, 1.165) is 17.7 Å². The molecule has 0 aromatic heterocycles. The van der Waals surface area contributed by atoms with Gasteiger partial charge in [0.25, 0.3) is 0 Å². The van der Waals surface area contributed by atoms with Crippen molar-refractivity contribution in [3.8, 4) is 0 Å². The van der Waals surface area contributed by atoms with Crippen molar-refractivity contribution in [2.24, 2.45) is 0 Å². The lowest BCUT2D eigenvalue weighted by molar-refractivity contribution is -0.137. The summed E-state index contributed by atoms with van der Waals surface area (Å²) < 4.78 is 98.7. The van der Waals surface area contributed by atoms with E-state index in [1.165, 1.54) is 18.2 Å². The largest absolute Gasteiger partial charge is 0.460 e. The van der Waals surface area contributed by atoms with E-state index in [-0.39, 0.29) is 31.1 Å². The highest BCUT2D eigenvalue weighted by Gasteiger charge is 2.30. The zero-order chi connectivity index (χ0) is 42.8. The smallest absolute Gasteiger partial charge is 0.416 e. The molecule has 60 heavy (non-hydrogen) atoms. The van der Waals surface area contributed by atoms with E-state index in [4.69, 9.17) is 52.1 Å². The third kappa shape index (κ3) is 24.6. The fourth-order valence-corrected chi connectivity index (χ4v) is 4.83. The quantitative estimate of drug-likeness (QED) is 0.0550. The van der Waals surface area contributed by atoms with Crippen molar-refractivity contribution in [2.75, 3.05) is 137 Å². The molecule has 3 aromatic carbocycles. The lowest BCUT2D eigenvalue weighted by atomic mass is 10.1. The van der Waals surface area contributed by atoms with Crippen LogP contribution in [0.2, 0.25) is 0 Å². The number of nitrogens with one attached hydrogen (secondary N) is 2. The molecule has 3 rings (SSSR count). The van der Waals surface area contributed by atoms with Crippen LogP contribution >= 0.6 is 0 Å². The molecule has 0 saturated heterocycles. The minimum atomic E-state index is -4.48. The van der Waals surface area contributed by atoms with Crippen LogP contribution in [0.25, 0.3) is 0 Å². The molecule has 1 amide bonds. The highest BCUT2D eigenvalue weighted by Crippen LogP contribution is 2.32. The fourth-order valence-electron chi connectivity index (χ4n) is 4.83. The zero-order valence-electron chi connectivity index (χ0n) is 33.8. The van der Waals surface area contributed by atoms with Crippen molar-refractivity contribution in [3.63, 3.8) is 0 Å². The molecule has 0 unspecified atom stereocenters. The van der Waals surface area contributed by atoms with Gasteiger partial charge in [0.15, 0.2) is 0 Å². The lowest BCUT2D eigenvalue weighted by Gasteiger charge is -2.13. The average Bonchev–Trinajstić information content (AvgIpc) is 3.25. The first kappa shape index (κ1) is 50.0. The molecule has 18 heteroatoms. The minimum absolute atomic E-state index is 0.00890. The number of esters is 1. The van der Waals surface area contributed by atoms with Gasteiger partial charge in [-0.05, 0) is 35.9 Å². The Morgan fingerprint density at radius 3 is 1.43 bits per heavy atom. The maximum Gasteiger partial charge on any atom is 0.416 e. The van der Waals surface area contributed by atoms with E-state index in [9.17, 15) is 22.8 Å². The summed E-state index contributed by atoms with van der Waals surface area (Å²) in [6.07, 6.45) is -4.97. The Balaban J connectivity index is 0.981. The van der Waals surface area contributed by atoms with Gasteiger partial charge in [-0.15, -0.1) is 0 Å². The van der Waals surface area contributed by atoms with Gasteiger partial charge in [0, 0.05) is 12.2 Å². The van der Waals surface area contributed by atoms with Gasteiger partial charge in [0.2, 0.25) is 0 Å². The minimum Gasteiger partial charge on any atom is -0.460 e. The molecule has 0 aliphatic heterocycles. The lowest BCUT2D eigenvalue weighted by Crippen LogP contribution is -2.28. The average molecular weight is 855 g/mol. The Labute approximate surface area is 348 Å². The molecule has 0 spiro atoms. The van der Waals surface area contributed by atoms with E-state index in [1.807, 2.05) is 30.3 Å². The Bertz CT molecular complexity index is 1560. The summed E-state index contributed by atoms with van der Waals surface area (Å²) in [7, 11) is 0. The Hall–Kier alpha value is -4.37. The van der Waals surface area contributed by atoms with Gasteiger partial charge in [-0.25, -0.2) is 9.59 Å². The topological polar surface area (TPSA) is 160 Å². The highest BCUT2D eigenvalue weighted by molar-refractivity contribution is 5.96. The molecule has 0 radical (unpaired) electrons. The van der Waals surface area contributed by atoms with Crippen molar-refractivity contribution in [1.29, 1.82) is 0 Å². The summed E-state index contributed by atoms with van der Waals surface area (Å²) in [4.78, 5) is 24.3. The summed E-state index contributed by atoms with van der Waals surface area (Å²) >= 11 is 0. The molecule has 0 saturated carbocycles. The van der Waals surface area contributed by atoms with Crippen molar-refractivity contribution >= 4 is 23.4 Å². The predicted molar refractivity (Wildman–Crippen MR) is 213 cm³/mol. The summed E-state index contributed by atoms with van der Waals surface area (Å²) in [5, 5.41) is 5.49. The fraction of sp³-hybridized carbons (Fsp3) is 0.524. The van der Waals surface area contributed by atoms with E-state index >= 15 is 0 Å². The van der Waals surface area contributed by atoms with Crippen molar-refractivity contribution < 1.29 is 74.9 Å². The van der Waals surface area contributed by atoms with Crippen LogP contribution in [0.1, 0.15) is 21.5 Å². The molecule has 2 N–H and O–H groups in total. The molecule has 0 fully saturated rings. The van der Waals surface area contributed by atoms with Gasteiger partial charge in [0.1, 0.15) is 13.2 Å². The number of amides is 1. The van der Waals surface area contributed by atoms with Crippen molar-refractivity contribution in [3.05, 3.63) is 95.6 Å². The second-order valence-corrected chi connectivity index (χ2v) is 12.4. The van der Waals surface area contributed by atoms with Crippen LogP contribution in [0.4, 0.5) is 29.3 Å². The number of anilines is 2. The van der Waals surface area contributed by atoms with Gasteiger partial charge < -0.3 is 62.7 Å². The van der Waals surface area contributed by atoms with Crippen LogP contribution in [-0.2, 0) is 64.9 Å². The Kier molecular flexibility index (Phi) is 27.0. The van der Waals surface area contributed by atoms with Crippen LogP contribution in [0.3, 0.4) is 0 Å². The van der Waals surface area contributed by atoms with E-state index in [2.05, 4.69) is 10.6 Å². The first-order valence-electron chi connectivity index (χ1n) is 19.7. The standard InChI is InChI=1S/C42H57F3N2O13/c43-42(44,45)36-9-6-10-37(33-36)47-39-12-5-4-11-38(39)40(48)59-32-31-58-30-29-57-28-27-56-26-25-55-24-23-54-22-21-53-20-19-52-18-17-51-16-15-50-14-13-46-41(49)60-34-35-7-2-1-3-8-35/h1-12,33,47H,13-32,34H2,(H,46,49). The van der Waals surface area contributed by atoms with Crippen LogP contribution in [0.5, 0.6) is 0 Å². The van der Waals surface area contributed by atoms with Crippen LogP contribution in [0.15, 0.2) is 78.9 Å². The number of benzene rings is 3. The second-order valence-electron chi connectivity index (χ2n) is 12.4. The molecule has 0 bridgehead atoms. The SMILES string of the molecule is O=C(NCCOCCOCCOCCOCCOCCOCCOCCOCCOCCOC(=O)c1ccccc1Nc1cccc(C(F)(F)F)c1)OCc1ccccc1. The number of halogens is 3. The van der Waals surface area contributed by atoms with Gasteiger partial charge in [-0.1, -0.05) is 48.5 Å². The van der Waals surface area contributed by atoms with Crippen LogP contribution < -0.4 is 10.6 Å². The normalized spacial score (nSPS) is 11.4. The zero-order valence-corrected chi connectivity index (χ0v) is 33.8. The summed E-state index contributed by atoms with van der Waals surface area (Å²) in [6.45, 7) is 7.68. The maximum absolute atomic E-state index is 13.1. The number of carbonyl (C=O) groups is 2. The van der Waals surface area contributed by atoms with Crippen LogP contribution in [0, 0.1) is 0 Å². The number of alkyl halides is 3. The number of carbonyl (C=O) groups excluding carboxylic acids is 2. The van der Waals surface area contributed by atoms with Crippen molar-refractivity contribution in [1.82, 2.24) is 5.32 Å². The molecule has 0 aliphatic carbocycles. The van der Waals surface area contributed by atoms with E-state index in [0.29, 0.717) is 125 Å². The van der Waals surface area contributed by atoms with Gasteiger partial charge in [-0.3, -0.25) is 0 Å². The Morgan fingerprint density at radius 1 is 0.483 bits per heavy atom. The second kappa shape index (κ2) is 32.4. The van der Waals surface area contributed by atoms with E-state index < -0.39 is 23.8 Å². The molecule has 0 heterocycles. The summed E-state index contributed by atoms with van der Waals surface area (Å²) in [5.74, 6) is -0.634. The third-order valence-electron chi connectivity index (χ3n) is 7.78. The number of hydrogen-bond donors (Lipinski definition) is 2. The molecular formula is C42H57F3N2O13. The first-order chi connectivity index (χ1) is 29.3. The van der Waals surface area contributed by atoms with Gasteiger partial charge in [-0.2, -0.15) is 13.2 Å². The van der Waals surface area contributed by atoms with Crippen LogP contribution in [-0.4, -0.2) is 144 Å².